The molecule has 3 rings (SSSR count). The minimum atomic E-state index is 0.345. The summed E-state index contributed by atoms with van der Waals surface area (Å²) in [6, 6.07) is 10.6. The number of rotatable bonds is 5. The Hall–Kier alpha value is -1.75. The van der Waals surface area contributed by atoms with Gasteiger partial charge in [-0.3, -0.25) is 0 Å². The lowest BCUT2D eigenvalue weighted by atomic mass is 9.97. The largest absolute Gasteiger partial charge is 0.234 e. The molecule has 104 valence electrons. The highest BCUT2D eigenvalue weighted by molar-refractivity contribution is 7.16. The van der Waals surface area contributed by atoms with Gasteiger partial charge < -0.3 is 0 Å². The van der Waals surface area contributed by atoms with Crippen LogP contribution in [0, 0.1) is 0 Å². The molecule has 3 aromatic rings. The van der Waals surface area contributed by atoms with Gasteiger partial charge in [-0.15, -0.1) is 10.2 Å². The SMILES string of the molecule is CCCc1nnc2sc([C@@H](CC)c3ccccc3)nn12. The van der Waals surface area contributed by atoms with Gasteiger partial charge in [-0.2, -0.15) is 9.61 Å². The fourth-order valence-electron chi connectivity index (χ4n) is 2.43. The predicted octanol–water partition coefficient (Wildman–Crippen LogP) is 3.68. The third-order valence-electron chi connectivity index (χ3n) is 3.45. The number of fused-ring (bicyclic) bond motifs is 1. The summed E-state index contributed by atoms with van der Waals surface area (Å²) in [6.07, 6.45) is 3.02. The van der Waals surface area contributed by atoms with Crippen molar-refractivity contribution in [1.82, 2.24) is 19.8 Å². The molecule has 0 saturated carbocycles. The molecule has 0 bridgehead atoms. The fraction of sp³-hybridized carbons (Fsp3) is 0.400. The first-order valence-electron chi connectivity index (χ1n) is 7.09. The molecule has 0 spiro atoms. The molecule has 1 atom stereocenters. The first kappa shape index (κ1) is 13.2. The van der Waals surface area contributed by atoms with Crippen LogP contribution in [-0.2, 0) is 6.42 Å². The number of hydrogen-bond acceptors (Lipinski definition) is 4. The molecule has 0 aliphatic heterocycles. The van der Waals surface area contributed by atoms with E-state index in [0.717, 1.165) is 35.1 Å². The Labute approximate surface area is 122 Å². The van der Waals surface area contributed by atoms with Gasteiger partial charge in [-0.25, -0.2) is 0 Å². The molecule has 0 amide bonds. The molecule has 0 N–H and O–H groups in total. The Morgan fingerprint density at radius 2 is 1.95 bits per heavy atom. The van der Waals surface area contributed by atoms with Crippen LogP contribution in [-0.4, -0.2) is 19.8 Å². The first-order chi connectivity index (χ1) is 9.83. The van der Waals surface area contributed by atoms with Crippen molar-refractivity contribution < 1.29 is 0 Å². The first-order valence-corrected chi connectivity index (χ1v) is 7.91. The standard InChI is InChI=1S/C15H18N4S/c1-3-8-13-16-17-15-19(13)18-14(20-15)12(4-2)11-9-6-5-7-10-11/h5-7,9-10,12H,3-4,8H2,1-2H3/t12-/m0/s1. The number of aryl methyl sites for hydroxylation is 1. The maximum absolute atomic E-state index is 4.75. The molecule has 0 radical (unpaired) electrons. The lowest BCUT2D eigenvalue weighted by Crippen LogP contribution is -2.02. The molecule has 1 aromatic carbocycles. The topological polar surface area (TPSA) is 43.1 Å². The molecule has 0 aliphatic carbocycles. The fourth-order valence-corrected chi connectivity index (χ4v) is 3.50. The summed E-state index contributed by atoms with van der Waals surface area (Å²) < 4.78 is 1.91. The third-order valence-corrected chi connectivity index (χ3v) is 4.47. The predicted molar refractivity (Wildman–Crippen MR) is 81.2 cm³/mol. The van der Waals surface area contributed by atoms with Crippen molar-refractivity contribution in [3.8, 4) is 0 Å². The number of nitrogens with zero attached hydrogens (tertiary/aromatic N) is 4. The summed E-state index contributed by atoms with van der Waals surface area (Å²) in [6.45, 7) is 4.35. The van der Waals surface area contributed by atoms with Gasteiger partial charge in [0.2, 0.25) is 4.96 Å². The van der Waals surface area contributed by atoms with Crippen molar-refractivity contribution >= 4 is 16.3 Å². The van der Waals surface area contributed by atoms with E-state index in [1.807, 2.05) is 10.6 Å². The number of hydrogen-bond donors (Lipinski definition) is 0. The maximum Gasteiger partial charge on any atom is 0.234 e. The van der Waals surface area contributed by atoms with Gasteiger partial charge in [0.05, 0.1) is 0 Å². The normalized spacial score (nSPS) is 12.9. The van der Waals surface area contributed by atoms with Gasteiger partial charge in [-0.05, 0) is 18.4 Å². The van der Waals surface area contributed by atoms with E-state index in [2.05, 4.69) is 48.3 Å². The van der Waals surface area contributed by atoms with Crippen LogP contribution >= 0.6 is 11.3 Å². The van der Waals surface area contributed by atoms with Crippen LogP contribution in [0.5, 0.6) is 0 Å². The molecule has 2 aromatic heterocycles. The van der Waals surface area contributed by atoms with Crippen molar-refractivity contribution in [1.29, 1.82) is 0 Å². The Bertz CT molecular complexity index is 686. The quantitative estimate of drug-likeness (QED) is 0.718. The molecule has 4 nitrogen and oxygen atoms in total. The van der Waals surface area contributed by atoms with Crippen molar-refractivity contribution in [2.75, 3.05) is 0 Å². The van der Waals surface area contributed by atoms with Gasteiger partial charge in [0, 0.05) is 12.3 Å². The van der Waals surface area contributed by atoms with E-state index in [1.54, 1.807) is 11.3 Å². The zero-order valence-electron chi connectivity index (χ0n) is 11.8. The van der Waals surface area contributed by atoms with Crippen LogP contribution in [0.15, 0.2) is 30.3 Å². The van der Waals surface area contributed by atoms with Gasteiger partial charge in [-0.1, -0.05) is 55.5 Å². The van der Waals surface area contributed by atoms with E-state index in [9.17, 15) is 0 Å². The Kier molecular flexibility index (Phi) is 3.78. The van der Waals surface area contributed by atoms with Gasteiger partial charge in [0.1, 0.15) is 5.01 Å². The van der Waals surface area contributed by atoms with Crippen molar-refractivity contribution in [2.45, 2.75) is 39.0 Å². The minimum absolute atomic E-state index is 0.345. The summed E-state index contributed by atoms with van der Waals surface area (Å²) in [7, 11) is 0. The summed E-state index contributed by atoms with van der Waals surface area (Å²) in [5.74, 6) is 1.31. The zero-order chi connectivity index (χ0) is 13.9. The third kappa shape index (κ3) is 2.33. The Balaban J connectivity index is 2.00. The highest BCUT2D eigenvalue weighted by Gasteiger charge is 2.19. The van der Waals surface area contributed by atoms with Crippen LogP contribution in [0.4, 0.5) is 0 Å². The lowest BCUT2D eigenvalue weighted by Gasteiger charge is -2.11. The summed E-state index contributed by atoms with van der Waals surface area (Å²) >= 11 is 1.65. The van der Waals surface area contributed by atoms with Crippen LogP contribution in [0.25, 0.3) is 4.96 Å². The average Bonchev–Trinajstić information content (AvgIpc) is 3.04. The van der Waals surface area contributed by atoms with Crippen LogP contribution in [0.3, 0.4) is 0 Å². The summed E-state index contributed by atoms with van der Waals surface area (Å²) in [4.78, 5) is 0.901. The average molecular weight is 286 g/mol. The van der Waals surface area contributed by atoms with E-state index >= 15 is 0 Å². The highest BCUT2D eigenvalue weighted by Crippen LogP contribution is 2.30. The van der Waals surface area contributed by atoms with E-state index in [4.69, 9.17) is 5.10 Å². The smallest absolute Gasteiger partial charge is 0.187 e. The molecule has 5 heteroatoms. The Morgan fingerprint density at radius 3 is 2.65 bits per heavy atom. The van der Waals surface area contributed by atoms with E-state index in [-0.39, 0.29) is 0 Å². The zero-order valence-corrected chi connectivity index (χ0v) is 12.6. The summed E-state index contributed by atoms with van der Waals surface area (Å²) in [5, 5.41) is 14.3. The molecule has 0 unspecified atom stereocenters. The van der Waals surface area contributed by atoms with Crippen LogP contribution < -0.4 is 0 Å². The minimum Gasteiger partial charge on any atom is -0.187 e. The van der Waals surface area contributed by atoms with Crippen molar-refractivity contribution in [3.05, 3.63) is 46.7 Å². The second kappa shape index (κ2) is 5.71. The highest BCUT2D eigenvalue weighted by atomic mass is 32.1. The van der Waals surface area contributed by atoms with Crippen LogP contribution in [0.1, 0.15) is 49.0 Å². The van der Waals surface area contributed by atoms with Gasteiger partial charge in [0.25, 0.3) is 0 Å². The Morgan fingerprint density at radius 1 is 1.15 bits per heavy atom. The maximum atomic E-state index is 4.75. The van der Waals surface area contributed by atoms with E-state index < -0.39 is 0 Å². The number of aromatic nitrogens is 4. The molecule has 0 fully saturated rings. The van der Waals surface area contributed by atoms with E-state index in [0.29, 0.717) is 5.92 Å². The molecular formula is C15H18N4S. The monoisotopic (exact) mass is 286 g/mol. The lowest BCUT2D eigenvalue weighted by molar-refractivity contribution is 0.717. The van der Waals surface area contributed by atoms with Crippen molar-refractivity contribution in [2.24, 2.45) is 0 Å². The van der Waals surface area contributed by atoms with Gasteiger partial charge >= 0.3 is 0 Å². The van der Waals surface area contributed by atoms with Gasteiger partial charge in [0.15, 0.2) is 5.82 Å². The van der Waals surface area contributed by atoms with Crippen LogP contribution in [0.2, 0.25) is 0 Å². The molecule has 20 heavy (non-hydrogen) atoms. The molecule has 2 heterocycles. The second-order valence-corrected chi connectivity index (χ2v) is 5.86. The second-order valence-electron chi connectivity index (χ2n) is 4.87. The molecule has 0 saturated heterocycles. The molecular weight excluding hydrogens is 268 g/mol. The molecule has 0 aliphatic rings. The number of benzene rings is 1. The van der Waals surface area contributed by atoms with E-state index in [1.165, 1.54) is 5.56 Å². The van der Waals surface area contributed by atoms with Crippen molar-refractivity contribution in [3.63, 3.8) is 0 Å². The summed E-state index contributed by atoms with van der Waals surface area (Å²) in [5.41, 5.74) is 1.32.